The van der Waals surface area contributed by atoms with E-state index in [1.165, 1.54) is 0 Å². The molecule has 4 nitrogen and oxygen atoms in total. The minimum absolute atomic E-state index is 0.738. The zero-order valence-corrected chi connectivity index (χ0v) is 7.20. The normalized spacial score (nSPS) is 12.8. The number of anilines is 2. The number of nitrogens with one attached hydrogen (secondary N) is 2. The number of rotatable bonds is 0. The van der Waals surface area contributed by atoms with Crippen molar-refractivity contribution in [3.05, 3.63) is 24.3 Å². The minimum atomic E-state index is 0.738. The molecule has 66 valence electrons. The predicted octanol–water partition coefficient (Wildman–Crippen LogP) is 1.75. The predicted molar refractivity (Wildman–Crippen MR) is 48.8 cm³/mol. The van der Waals surface area contributed by atoms with Crippen LogP contribution in [0.3, 0.4) is 0 Å². The largest absolute Gasteiger partial charge is 0.300 e. The van der Waals surface area contributed by atoms with Gasteiger partial charge in [0.25, 0.3) is 0 Å². The average molecular weight is 167 g/mol. The topological polar surface area (TPSA) is 47.5 Å². The Labute approximate surface area is 71.7 Å². The van der Waals surface area contributed by atoms with Crippen molar-refractivity contribution in [1.29, 1.82) is 0 Å². The maximum Gasteiger partial charge on any atom is 0.108 e. The minimum Gasteiger partial charge on any atom is -0.300 e. The first-order valence-corrected chi connectivity index (χ1v) is 3.97. The van der Waals surface area contributed by atoms with Gasteiger partial charge in [-0.1, -0.05) is 26.0 Å². The van der Waals surface area contributed by atoms with E-state index < -0.39 is 0 Å². The third-order valence-electron chi connectivity index (χ3n) is 1.43. The monoisotopic (exact) mass is 167 g/mol. The summed E-state index contributed by atoms with van der Waals surface area (Å²) in [5, 5.41) is 9.98. The Morgan fingerprint density at radius 1 is 1.25 bits per heavy atom. The molecule has 0 fully saturated rings. The fourth-order valence-corrected chi connectivity index (χ4v) is 0.937. The number of fused-ring (bicyclic) bond motifs is 1. The number of hydrogen-bond acceptors (Lipinski definition) is 4. The second kappa shape index (κ2) is 3.94. The van der Waals surface area contributed by atoms with Crippen molar-refractivity contribution in [3.8, 4) is 0 Å². The summed E-state index contributed by atoms with van der Waals surface area (Å²) in [7, 11) is 0. The third-order valence-corrected chi connectivity index (χ3v) is 1.43. The van der Waals surface area contributed by atoms with Gasteiger partial charge in [0, 0.05) is 0 Å². The molecule has 0 saturated carbocycles. The second-order valence-electron chi connectivity index (χ2n) is 2.07. The van der Waals surface area contributed by atoms with E-state index >= 15 is 0 Å². The molecule has 12 heavy (non-hydrogen) atoms. The Balaban J connectivity index is 0.000000336. The van der Waals surface area contributed by atoms with Gasteiger partial charge in [-0.15, -0.1) is 5.53 Å². The summed E-state index contributed by atoms with van der Waals surface area (Å²) in [6, 6.07) is 7.43. The fourth-order valence-electron chi connectivity index (χ4n) is 0.937. The van der Waals surface area contributed by atoms with E-state index in [1.807, 2.05) is 38.1 Å². The Hall–Kier alpha value is -1.26. The van der Waals surface area contributed by atoms with E-state index in [9.17, 15) is 0 Å². The molecule has 1 heterocycles. The first-order chi connectivity index (χ1) is 5.88. The van der Waals surface area contributed by atoms with Crippen LogP contribution in [0.4, 0.5) is 11.4 Å². The Morgan fingerprint density at radius 3 is 2.58 bits per heavy atom. The van der Waals surface area contributed by atoms with Gasteiger partial charge >= 0.3 is 0 Å². The van der Waals surface area contributed by atoms with Gasteiger partial charge in [-0.3, -0.25) is 10.6 Å². The first-order valence-electron chi connectivity index (χ1n) is 3.97. The second-order valence-corrected chi connectivity index (χ2v) is 2.07. The van der Waals surface area contributed by atoms with Crippen LogP contribution in [0.2, 0.25) is 0 Å². The molecule has 0 amide bonds. The Kier molecular flexibility index (Phi) is 2.90. The van der Waals surface area contributed by atoms with Crippen LogP contribution in [0.15, 0.2) is 24.3 Å². The summed E-state index contributed by atoms with van der Waals surface area (Å²) in [6.07, 6.45) is 0. The zero-order chi connectivity index (χ0) is 8.97. The van der Waals surface area contributed by atoms with Gasteiger partial charge < -0.3 is 0 Å². The number of nitrogens with zero attached hydrogens (tertiary/aromatic N) is 1. The number of benzene rings is 1. The Morgan fingerprint density at radius 2 is 1.92 bits per heavy atom. The number of para-hydroxylation sites is 2. The SMILES string of the molecule is CC.ON1NNc2ccccc21. The molecule has 1 aliphatic rings. The van der Waals surface area contributed by atoms with E-state index in [0.717, 1.165) is 16.5 Å². The van der Waals surface area contributed by atoms with Crippen LogP contribution >= 0.6 is 0 Å². The highest BCUT2D eigenvalue weighted by Crippen LogP contribution is 2.25. The standard InChI is InChI=1S/C6H7N3O.C2H6/c10-9-6-4-2-1-3-5(6)7-8-9;1-2/h1-4,7-8,10H;1-2H3. The average Bonchev–Trinajstić information content (AvgIpc) is 2.53. The quantitative estimate of drug-likeness (QED) is 0.551. The maximum absolute atomic E-state index is 9.04. The van der Waals surface area contributed by atoms with E-state index in [-0.39, 0.29) is 0 Å². The highest BCUT2D eigenvalue weighted by atomic mass is 16.6. The lowest BCUT2D eigenvalue weighted by molar-refractivity contribution is 0.230. The van der Waals surface area contributed by atoms with Crippen LogP contribution in [-0.4, -0.2) is 5.21 Å². The lowest BCUT2D eigenvalue weighted by Crippen LogP contribution is -2.32. The zero-order valence-electron chi connectivity index (χ0n) is 7.20. The molecule has 1 aliphatic heterocycles. The lowest BCUT2D eigenvalue weighted by Gasteiger charge is -2.05. The van der Waals surface area contributed by atoms with E-state index in [1.54, 1.807) is 0 Å². The van der Waals surface area contributed by atoms with Crippen LogP contribution < -0.4 is 16.1 Å². The number of hydrogen-bond donors (Lipinski definition) is 3. The van der Waals surface area contributed by atoms with Gasteiger partial charge in [-0.25, -0.2) is 0 Å². The van der Waals surface area contributed by atoms with Gasteiger partial charge in [0.1, 0.15) is 5.69 Å². The van der Waals surface area contributed by atoms with Gasteiger partial charge in [0.2, 0.25) is 0 Å². The molecule has 0 saturated heterocycles. The van der Waals surface area contributed by atoms with Crippen molar-refractivity contribution < 1.29 is 5.21 Å². The molecular weight excluding hydrogens is 154 g/mol. The summed E-state index contributed by atoms with van der Waals surface area (Å²) in [6.45, 7) is 4.00. The van der Waals surface area contributed by atoms with Gasteiger partial charge in [0.15, 0.2) is 0 Å². The highest BCUT2D eigenvalue weighted by Gasteiger charge is 2.13. The van der Waals surface area contributed by atoms with Crippen molar-refractivity contribution in [2.24, 2.45) is 0 Å². The van der Waals surface area contributed by atoms with Crippen LogP contribution in [-0.2, 0) is 0 Å². The van der Waals surface area contributed by atoms with Crippen molar-refractivity contribution in [2.75, 3.05) is 10.6 Å². The lowest BCUT2D eigenvalue weighted by atomic mass is 10.3. The molecule has 0 atom stereocenters. The first kappa shape index (κ1) is 8.83. The van der Waals surface area contributed by atoms with Crippen molar-refractivity contribution in [1.82, 2.24) is 5.53 Å². The highest BCUT2D eigenvalue weighted by molar-refractivity contribution is 5.71. The van der Waals surface area contributed by atoms with Gasteiger partial charge in [0.05, 0.1) is 5.69 Å². The van der Waals surface area contributed by atoms with Crippen molar-refractivity contribution >= 4 is 11.4 Å². The maximum atomic E-state index is 9.04. The van der Waals surface area contributed by atoms with E-state index in [2.05, 4.69) is 11.0 Å². The van der Waals surface area contributed by atoms with Crippen molar-refractivity contribution in [2.45, 2.75) is 13.8 Å². The van der Waals surface area contributed by atoms with Crippen LogP contribution in [0.25, 0.3) is 0 Å². The third kappa shape index (κ3) is 1.49. The molecule has 0 unspecified atom stereocenters. The van der Waals surface area contributed by atoms with E-state index in [0.29, 0.717) is 0 Å². The molecule has 2 rings (SSSR count). The molecule has 0 bridgehead atoms. The van der Waals surface area contributed by atoms with Crippen LogP contribution in [0, 0.1) is 0 Å². The molecule has 1 aromatic carbocycles. The summed E-state index contributed by atoms with van der Waals surface area (Å²) in [4.78, 5) is 0. The molecule has 0 spiro atoms. The molecule has 0 aromatic heterocycles. The summed E-state index contributed by atoms with van der Waals surface area (Å²) < 4.78 is 0. The summed E-state index contributed by atoms with van der Waals surface area (Å²) in [5.41, 5.74) is 6.92. The summed E-state index contributed by atoms with van der Waals surface area (Å²) in [5.74, 6) is 0. The molecule has 3 N–H and O–H groups in total. The van der Waals surface area contributed by atoms with E-state index in [4.69, 9.17) is 5.21 Å². The van der Waals surface area contributed by atoms with Gasteiger partial charge in [-0.05, 0) is 12.1 Å². The molecular formula is C8H13N3O. The Bertz CT molecular complexity index is 252. The van der Waals surface area contributed by atoms with Crippen molar-refractivity contribution in [3.63, 3.8) is 0 Å². The van der Waals surface area contributed by atoms with Crippen LogP contribution in [0.1, 0.15) is 13.8 Å². The molecule has 0 radical (unpaired) electrons. The van der Waals surface area contributed by atoms with Crippen LogP contribution in [0.5, 0.6) is 0 Å². The smallest absolute Gasteiger partial charge is 0.108 e. The molecule has 0 aliphatic carbocycles. The fraction of sp³-hybridized carbons (Fsp3) is 0.250. The summed E-state index contributed by atoms with van der Waals surface area (Å²) >= 11 is 0. The molecule has 1 aromatic rings. The number of hydrazine groups is 2. The molecule has 4 heteroatoms. The van der Waals surface area contributed by atoms with Gasteiger partial charge in [-0.2, -0.15) is 5.17 Å².